The zero-order chi connectivity index (χ0) is 20.1. The van der Waals surface area contributed by atoms with E-state index in [1.54, 1.807) is 12.1 Å². The first-order valence-corrected chi connectivity index (χ1v) is 8.46. The lowest BCUT2D eigenvalue weighted by Crippen LogP contribution is -2.22. The lowest BCUT2D eigenvalue weighted by atomic mass is 10.1. The number of nitrogens with one attached hydrogen (secondary N) is 2. The Morgan fingerprint density at radius 1 is 1.32 bits per heavy atom. The minimum atomic E-state index is -0.526. The Hall–Kier alpha value is -3.41. The van der Waals surface area contributed by atoms with Crippen LogP contribution in [0.3, 0.4) is 0 Å². The number of aromatic nitrogens is 2. The highest BCUT2D eigenvalue weighted by molar-refractivity contribution is 6.31. The van der Waals surface area contributed by atoms with Crippen LogP contribution in [-0.4, -0.2) is 29.0 Å². The van der Waals surface area contributed by atoms with E-state index in [9.17, 15) is 9.18 Å². The van der Waals surface area contributed by atoms with Crippen LogP contribution < -0.4 is 21.1 Å². The van der Waals surface area contributed by atoms with Gasteiger partial charge in [0.05, 0.1) is 22.8 Å². The molecule has 0 aliphatic heterocycles. The molecule has 0 saturated heterocycles. The van der Waals surface area contributed by atoms with E-state index in [4.69, 9.17) is 28.5 Å². The largest absolute Gasteiger partial charge is 0.479 e. The summed E-state index contributed by atoms with van der Waals surface area (Å²) in [5.41, 5.74) is 6.82. The summed E-state index contributed by atoms with van der Waals surface area (Å²) in [4.78, 5) is 20.2. The van der Waals surface area contributed by atoms with Crippen molar-refractivity contribution in [1.82, 2.24) is 9.97 Å². The zero-order valence-electron chi connectivity index (χ0n) is 14.5. The van der Waals surface area contributed by atoms with E-state index in [-0.39, 0.29) is 18.2 Å². The Labute approximate surface area is 165 Å². The fourth-order valence-corrected chi connectivity index (χ4v) is 2.61. The third kappa shape index (κ3) is 4.28. The van der Waals surface area contributed by atoms with Crippen molar-refractivity contribution in [3.05, 3.63) is 47.5 Å². The van der Waals surface area contributed by atoms with Crippen LogP contribution in [0.5, 0.6) is 5.75 Å². The lowest BCUT2D eigenvalue weighted by Gasteiger charge is -2.14. The average molecular weight is 400 g/mol. The van der Waals surface area contributed by atoms with Crippen molar-refractivity contribution in [2.45, 2.75) is 0 Å². The number of halogens is 2. The van der Waals surface area contributed by atoms with Crippen LogP contribution in [0, 0.1) is 18.2 Å². The van der Waals surface area contributed by atoms with Crippen molar-refractivity contribution < 1.29 is 13.9 Å². The number of nitrogens with zero attached hydrogens (tertiary/aromatic N) is 2. The van der Waals surface area contributed by atoms with E-state index in [0.29, 0.717) is 33.8 Å². The molecule has 0 fully saturated rings. The summed E-state index contributed by atoms with van der Waals surface area (Å²) in [6.45, 7) is -0.182. The summed E-state index contributed by atoms with van der Waals surface area (Å²) < 4.78 is 18.9. The van der Waals surface area contributed by atoms with Gasteiger partial charge in [0, 0.05) is 17.1 Å². The number of fused-ring (bicyclic) bond motifs is 1. The maximum absolute atomic E-state index is 13.4. The molecule has 0 unspecified atom stereocenters. The van der Waals surface area contributed by atoms with Gasteiger partial charge in [-0.2, -0.15) is 0 Å². The first-order chi connectivity index (χ1) is 13.5. The first kappa shape index (κ1) is 19.4. The molecule has 2 aromatic carbocycles. The second-order valence-corrected chi connectivity index (χ2v) is 5.99. The van der Waals surface area contributed by atoms with Crippen molar-refractivity contribution in [2.75, 3.05) is 23.8 Å². The molecule has 1 aromatic heterocycles. The number of rotatable bonds is 6. The quantitative estimate of drug-likeness (QED) is 0.550. The van der Waals surface area contributed by atoms with E-state index in [1.165, 1.54) is 24.5 Å². The SMILES string of the molecule is C#CCOc1cc2ncnc(Nc3ccc(F)c(Cl)c3)c2cc1NC(=O)CN. The van der Waals surface area contributed by atoms with Crippen molar-refractivity contribution >= 4 is 45.6 Å². The van der Waals surface area contributed by atoms with Crippen molar-refractivity contribution in [2.24, 2.45) is 5.73 Å². The summed E-state index contributed by atoms with van der Waals surface area (Å²) in [6.07, 6.45) is 6.60. The molecule has 1 heterocycles. The molecule has 4 N–H and O–H groups in total. The Kier molecular flexibility index (Phi) is 5.89. The number of nitrogens with two attached hydrogens (primary N) is 1. The number of amides is 1. The van der Waals surface area contributed by atoms with Crippen LogP contribution in [0.2, 0.25) is 5.02 Å². The molecule has 1 amide bonds. The number of benzene rings is 2. The van der Waals surface area contributed by atoms with E-state index in [2.05, 4.69) is 26.5 Å². The topological polar surface area (TPSA) is 102 Å². The van der Waals surface area contributed by atoms with Crippen LogP contribution in [0.15, 0.2) is 36.7 Å². The monoisotopic (exact) mass is 399 g/mol. The summed E-state index contributed by atoms with van der Waals surface area (Å²) in [7, 11) is 0. The molecule has 0 bridgehead atoms. The third-order valence-corrected chi connectivity index (χ3v) is 3.98. The molecule has 0 aliphatic rings. The van der Waals surface area contributed by atoms with Gasteiger partial charge in [0.2, 0.25) is 5.91 Å². The number of hydrogen-bond acceptors (Lipinski definition) is 6. The van der Waals surface area contributed by atoms with Crippen LogP contribution in [0.4, 0.5) is 21.6 Å². The highest BCUT2D eigenvalue weighted by Gasteiger charge is 2.13. The number of hydrogen-bond donors (Lipinski definition) is 3. The molecule has 0 atom stereocenters. The van der Waals surface area contributed by atoms with E-state index in [1.807, 2.05) is 0 Å². The smallest absolute Gasteiger partial charge is 0.238 e. The van der Waals surface area contributed by atoms with Crippen LogP contribution in [-0.2, 0) is 4.79 Å². The molecule has 0 radical (unpaired) electrons. The summed E-state index contributed by atoms with van der Waals surface area (Å²) in [6, 6.07) is 7.47. The van der Waals surface area contributed by atoms with E-state index >= 15 is 0 Å². The maximum atomic E-state index is 13.4. The fraction of sp³-hybridized carbons (Fsp3) is 0.105. The molecule has 3 aromatic rings. The zero-order valence-corrected chi connectivity index (χ0v) is 15.3. The predicted octanol–water partition coefficient (Wildman–Crippen LogP) is 3.08. The van der Waals surface area contributed by atoms with Gasteiger partial charge in [-0.3, -0.25) is 4.79 Å². The lowest BCUT2D eigenvalue weighted by molar-refractivity contribution is -0.114. The maximum Gasteiger partial charge on any atom is 0.238 e. The van der Waals surface area contributed by atoms with Crippen molar-refractivity contribution in [1.29, 1.82) is 0 Å². The van der Waals surface area contributed by atoms with Crippen LogP contribution >= 0.6 is 11.6 Å². The summed E-state index contributed by atoms with van der Waals surface area (Å²) >= 11 is 5.83. The molecule has 0 saturated carbocycles. The highest BCUT2D eigenvalue weighted by Crippen LogP contribution is 2.33. The first-order valence-electron chi connectivity index (χ1n) is 8.09. The Morgan fingerprint density at radius 3 is 2.86 bits per heavy atom. The van der Waals surface area contributed by atoms with Gasteiger partial charge in [0.1, 0.15) is 30.3 Å². The van der Waals surface area contributed by atoms with Crippen LogP contribution in [0.1, 0.15) is 0 Å². The summed E-state index contributed by atoms with van der Waals surface area (Å²) in [5.74, 6) is 2.22. The van der Waals surface area contributed by atoms with Gasteiger partial charge in [0.25, 0.3) is 0 Å². The standard InChI is InChI=1S/C19H15ClFN5O2/c1-2-5-28-17-8-15-12(7-16(17)26-18(27)9-22)19(24-10-23-15)25-11-3-4-14(21)13(20)6-11/h1,3-4,6-8,10H,5,9,22H2,(H,26,27)(H,23,24,25). The summed E-state index contributed by atoms with van der Waals surface area (Å²) in [5, 5.41) is 6.28. The number of carbonyl (C=O) groups is 1. The second kappa shape index (κ2) is 8.52. The van der Waals surface area contributed by atoms with Gasteiger partial charge in [-0.25, -0.2) is 14.4 Å². The number of carbonyl (C=O) groups excluding carboxylic acids is 1. The molecule has 9 heteroatoms. The molecule has 0 spiro atoms. The normalized spacial score (nSPS) is 10.4. The van der Waals surface area contributed by atoms with Gasteiger partial charge in [-0.05, 0) is 24.3 Å². The molecular formula is C19H15ClFN5O2. The molecule has 28 heavy (non-hydrogen) atoms. The Morgan fingerprint density at radius 2 is 2.14 bits per heavy atom. The second-order valence-electron chi connectivity index (χ2n) is 5.59. The highest BCUT2D eigenvalue weighted by atomic mass is 35.5. The van der Waals surface area contributed by atoms with E-state index in [0.717, 1.165) is 0 Å². The third-order valence-electron chi connectivity index (χ3n) is 3.69. The molecular weight excluding hydrogens is 385 g/mol. The number of anilines is 3. The molecule has 0 aliphatic carbocycles. The minimum absolute atomic E-state index is 0.0152. The number of ether oxygens (including phenoxy) is 1. The fourth-order valence-electron chi connectivity index (χ4n) is 2.43. The van der Waals surface area contributed by atoms with Gasteiger partial charge >= 0.3 is 0 Å². The Balaban J connectivity index is 2.06. The van der Waals surface area contributed by atoms with Gasteiger partial charge in [-0.1, -0.05) is 17.5 Å². The molecule has 7 nitrogen and oxygen atoms in total. The van der Waals surface area contributed by atoms with Crippen molar-refractivity contribution in [3.63, 3.8) is 0 Å². The number of terminal acetylenes is 1. The predicted molar refractivity (Wildman–Crippen MR) is 106 cm³/mol. The van der Waals surface area contributed by atoms with Gasteiger partial charge in [0.15, 0.2) is 0 Å². The van der Waals surface area contributed by atoms with Crippen molar-refractivity contribution in [3.8, 4) is 18.1 Å². The van der Waals surface area contributed by atoms with Gasteiger partial charge in [-0.15, -0.1) is 6.42 Å². The Bertz CT molecular complexity index is 1080. The molecule has 3 rings (SSSR count). The van der Waals surface area contributed by atoms with Crippen LogP contribution in [0.25, 0.3) is 10.9 Å². The van der Waals surface area contributed by atoms with Gasteiger partial charge < -0.3 is 21.1 Å². The molecule has 142 valence electrons. The average Bonchev–Trinajstić information content (AvgIpc) is 2.69. The minimum Gasteiger partial charge on any atom is -0.479 e. The van der Waals surface area contributed by atoms with E-state index < -0.39 is 11.7 Å².